The number of anilines is 2. The Morgan fingerprint density at radius 1 is 1.06 bits per heavy atom. The summed E-state index contributed by atoms with van der Waals surface area (Å²) in [5, 5.41) is 0.396. The van der Waals surface area contributed by atoms with Crippen molar-refractivity contribution >= 4 is 46.2 Å². The summed E-state index contributed by atoms with van der Waals surface area (Å²) in [5.41, 5.74) is 3.71. The fraction of sp³-hybridized carbons (Fsp3) is 0.148. The number of thioether (sulfide) groups is 1. The summed E-state index contributed by atoms with van der Waals surface area (Å²) < 4.78 is 13.5. The zero-order valence-electron chi connectivity index (χ0n) is 18.5. The van der Waals surface area contributed by atoms with Gasteiger partial charge in [-0.3, -0.25) is 14.5 Å². The van der Waals surface area contributed by atoms with Gasteiger partial charge in [0.05, 0.1) is 11.4 Å². The number of halogens is 1. The molecule has 2 aliphatic rings. The van der Waals surface area contributed by atoms with E-state index in [1.54, 1.807) is 6.08 Å². The summed E-state index contributed by atoms with van der Waals surface area (Å²) in [5.74, 6) is -0.623. The van der Waals surface area contributed by atoms with E-state index in [0.29, 0.717) is 10.9 Å². The zero-order valence-corrected chi connectivity index (χ0v) is 19.3. The minimum absolute atomic E-state index is 0.0443. The molecule has 0 aromatic heterocycles. The van der Waals surface area contributed by atoms with E-state index in [9.17, 15) is 14.0 Å². The number of hydrogen-bond donors (Lipinski definition) is 0. The summed E-state index contributed by atoms with van der Waals surface area (Å²) in [6.45, 7) is 2.03. The van der Waals surface area contributed by atoms with Crippen LogP contribution < -0.4 is 9.80 Å². The Hall–Kier alpha value is -3.71. The quantitative estimate of drug-likeness (QED) is 0.487. The molecule has 3 aromatic carbocycles. The first kappa shape index (κ1) is 22.1. The lowest BCUT2D eigenvalue weighted by molar-refractivity contribution is -0.116. The molecule has 0 fully saturated rings. The Morgan fingerprint density at radius 2 is 1.76 bits per heavy atom. The molecule has 2 aliphatic heterocycles. The molecule has 5 rings (SSSR count). The molecular weight excluding hydrogens is 449 g/mol. The summed E-state index contributed by atoms with van der Waals surface area (Å²) in [6.07, 6.45) is 2.53. The van der Waals surface area contributed by atoms with Crippen molar-refractivity contribution in [3.8, 4) is 0 Å². The average Bonchev–Trinajstić information content (AvgIpc) is 3.34. The van der Waals surface area contributed by atoms with Crippen molar-refractivity contribution in [2.75, 3.05) is 15.6 Å². The Kier molecular flexibility index (Phi) is 6.02. The van der Waals surface area contributed by atoms with E-state index in [1.807, 2.05) is 66.4 Å². The molecule has 0 radical (unpaired) electrons. The minimum Gasteiger partial charge on any atom is -0.308 e. The fourth-order valence-electron chi connectivity index (χ4n) is 4.26. The summed E-state index contributed by atoms with van der Waals surface area (Å²) in [4.78, 5) is 34.3. The molecule has 0 bridgehead atoms. The highest BCUT2D eigenvalue weighted by molar-refractivity contribution is 8.14. The molecule has 2 amide bonds. The molecule has 1 unspecified atom stereocenters. The molecule has 3 aromatic rings. The maximum Gasteiger partial charge on any atom is 0.283 e. The molecule has 0 N–H and O–H groups in total. The number of carbonyl (C=O) groups excluding carboxylic acids is 2. The topological polar surface area (TPSA) is 53.0 Å². The van der Waals surface area contributed by atoms with Gasteiger partial charge in [0.1, 0.15) is 11.5 Å². The van der Waals surface area contributed by atoms with Crippen LogP contribution >= 0.6 is 11.8 Å². The highest BCUT2D eigenvalue weighted by Gasteiger charge is 2.35. The van der Waals surface area contributed by atoms with Crippen molar-refractivity contribution in [2.45, 2.75) is 19.4 Å². The first-order valence-electron chi connectivity index (χ1n) is 11.0. The molecule has 0 aliphatic carbocycles. The van der Waals surface area contributed by atoms with Gasteiger partial charge in [0.2, 0.25) is 5.91 Å². The number of nitrogens with zero attached hydrogens (tertiary/aromatic N) is 3. The highest BCUT2D eigenvalue weighted by Crippen LogP contribution is 2.34. The van der Waals surface area contributed by atoms with Crippen LogP contribution in [0.2, 0.25) is 0 Å². The van der Waals surface area contributed by atoms with Gasteiger partial charge in [0.25, 0.3) is 5.91 Å². The van der Waals surface area contributed by atoms with Crippen molar-refractivity contribution in [2.24, 2.45) is 4.99 Å². The second-order valence-electron chi connectivity index (χ2n) is 8.19. The molecular formula is C27H22FN3O2S. The number of fused-ring (bicyclic) bond motifs is 1. The van der Waals surface area contributed by atoms with Gasteiger partial charge >= 0.3 is 0 Å². The Labute approximate surface area is 201 Å². The molecule has 0 saturated heterocycles. The Bertz CT molecular complexity index is 1300. The van der Waals surface area contributed by atoms with Crippen LogP contribution in [0.25, 0.3) is 6.08 Å². The van der Waals surface area contributed by atoms with Crippen molar-refractivity contribution in [1.29, 1.82) is 0 Å². The van der Waals surface area contributed by atoms with E-state index < -0.39 is 5.82 Å². The maximum absolute atomic E-state index is 13.5. The summed E-state index contributed by atoms with van der Waals surface area (Å²) >= 11 is 1.21. The first-order chi connectivity index (χ1) is 16.5. The number of para-hydroxylation sites is 1. The largest absolute Gasteiger partial charge is 0.308 e. The molecule has 5 nitrogen and oxygen atoms in total. The molecule has 0 spiro atoms. The normalized spacial score (nSPS) is 18.4. The predicted molar refractivity (Wildman–Crippen MR) is 135 cm³/mol. The number of amidine groups is 1. The lowest BCUT2D eigenvalue weighted by Crippen LogP contribution is -2.38. The number of carbonyl (C=O) groups is 2. The average molecular weight is 472 g/mol. The van der Waals surface area contributed by atoms with Gasteiger partial charge in [0, 0.05) is 11.7 Å². The van der Waals surface area contributed by atoms with Crippen molar-refractivity contribution in [1.82, 2.24) is 0 Å². The van der Waals surface area contributed by atoms with Crippen molar-refractivity contribution in [3.63, 3.8) is 0 Å². The monoisotopic (exact) mass is 471 g/mol. The van der Waals surface area contributed by atoms with Crippen LogP contribution in [-0.4, -0.2) is 28.8 Å². The number of benzene rings is 3. The fourth-order valence-corrected chi connectivity index (χ4v) is 5.13. The van der Waals surface area contributed by atoms with Crippen LogP contribution in [0.3, 0.4) is 0 Å². The third kappa shape index (κ3) is 4.26. The van der Waals surface area contributed by atoms with Crippen LogP contribution in [-0.2, 0) is 16.0 Å². The van der Waals surface area contributed by atoms with Gasteiger partial charge in [-0.05, 0) is 60.9 Å². The molecule has 1 atom stereocenters. The highest BCUT2D eigenvalue weighted by atomic mass is 32.2. The number of aliphatic imine (C=N–C) groups is 1. The second-order valence-corrected chi connectivity index (χ2v) is 9.13. The van der Waals surface area contributed by atoms with E-state index in [4.69, 9.17) is 0 Å². The van der Waals surface area contributed by atoms with Gasteiger partial charge in [-0.25, -0.2) is 9.38 Å². The third-order valence-corrected chi connectivity index (χ3v) is 6.74. The molecule has 2 heterocycles. The number of hydrogen-bond acceptors (Lipinski definition) is 4. The maximum atomic E-state index is 13.5. The lowest BCUT2D eigenvalue weighted by atomic mass is 10.1. The first-order valence-corrected chi connectivity index (χ1v) is 12.0. The van der Waals surface area contributed by atoms with Crippen LogP contribution in [0.15, 0.2) is 89.6 Å². The van der Waals surface area contributed by atoms with Crippen LogP contribution in [0.1, 0.15) is 18.1 Å². The lowest BCUT2D eigenvalue weighted by Gasteiger charge is -2.23. The van der Waals surface area contributed by atoms with Gasteiger partial charge < -0.3 is 4.90 Å². The minimum atomic E-state index is -0.390. The van der Waals surface area contributed by atoms with Crippen molar-refractivity contribution < 1.29 is 14.0 Å². The van der Waals surface area contributed by atoms with Gasteiger partial charge in [0.15, 0.2) is 5.17 Å². The van der Waals surface area contributed by atoms with Crippen LogP contribution in [0.5, 0.6) is 0 Å². The SMILES string of the molecule is CC1Cc2ccccc2N1C(=O)CSC1=NC(=Cc2ccccc2)C(=O)N1c1ccc(F)cc1. The third-order valence-electron chi connectivity index (χ3n) is 5.82. The van der Waals surface area contributed by atoms with E-state index in [-0.39, 0.29) is 29.3 Å². The smallest absolute Gasteiger partial charge is 0.283 e. The van der Waals surface area contributed by atoms with E-state index in [1.165, 1.54) is 40.9 Å². The van der Waals surface area contributed by atoms with Gasteiger partial charge in [-0.2, -0.15) is 0 Å². The Morgan fingerprint density at radius 3 is 2.53 bits per heavy atom. The summed E-state index contributed by atoms with van der Waals surface area (Å²) in [6, 6.07) is 23.1. The zero-order chi connectivity index (χ0) is 23.7. The standard InChI is InChI=1S/C27H22FN3O2S/c1-18-15-20-9-5-6-10-24(20)30(18)25(32)17-34-27-29-23(16-19-7-3-2-4-8-19)26(33)31(27)22-13-11-21(28)12-14-22/h2-14,16,18H,15,17H2,1H3. The van der Waals surface area contributed by atoms with E-state index >= 15 is 0 Å². The van der Waals surface area contributed by atoms with Crippen LogP contribution in [0.4, 0.5) is 15.8 Å². The van der Waals surface area contributed by atoms with Gasteiger partial charge in [-0.1, -0.05) is 60.3 Å². The Balaban J connectivity index is 1.41. The van der Waals surface area contributed by atoms with E-state index in [0.717, 1.165) is 23.2 Å². The molecule has 0 saturated carbocycles. The summed E-state index contributed by atoms with van der Waals surface area (Å²) in [7, 11) is 0. The predicted octanol–water partition coefficient (Wildman–Crippen LogP) is 5.28. The second kappa shape index (κ2) is 9.27. The molecule has 34 heavy (non-hydrogen) atoms. The van der Waals surface area contributed by atoms with Gasteiger partial charge in [-0.15, -0.1) is 0 Å². The number of rotatable bonds is 4. The molecule has 170 valence electrons. The number of amides is 2. The molecule has 7 heteroatoms. The van der Waals surface area contributed by atoms with Crippen LogP contribution in [0, 0.1) is 5.82 Å². The van der Waals surface area contributed by atoms with Crippen molar-refractivity contribution in [3.05, 3.63) is 102 Å². The van der Waals surface area contributed by atoms with E-state index in [2.05, 4.69) is 4.99 Å².